The summed E-state index contributed by atoms with van der Waals surface area (Å²) in [5, 5.41) is 11.9. The summed E-state index contributed by atoms with van der Waals surface area (Å²) < 4.78 is 43.1. The number of carbonyl (C=O) groups is 2. The Bertz CT molecular complexity index is 863. The molecule has 0 radical (unpaired) electrons. The Balaban J connectivity index is 2.12. The number of amides is 1. The number of aliphatic carboxylic acids is 1. The van der Waals surface area contributed by atoms with E-state index >= 15 is 0 Å². The van der Waals surface area contributed by atoms with Gasteiger partial charge in [-0.25, -0.2) is 0 Å². The van der Waals surface area contributed by atoms with Gasteiger partial charge in [-0.05, 0) is 48.2 Å². The van der Waals surface area contributed by atoms with Crippen molar-refractivity contribution in [3.8, 4) is 5.75 Å². The number of carboxylic acid groups (broad SMARTS) is 1. The number of carboxylic acids is 1. The zero-order valence-electron chi connectivity index (χ0n) is 16.0. The molecule has 5 nitrogen and oxygen atoms in total. The van der Waals surface area contributed by atoms with Crippen molar-refractivity contribution in [3.05, 3.63) is 64.7 Å². The molecule has 0 heterocycles. The summed E-state index contributed by atoms with van der Waals surface area (Å²) in [7, 11) is 1.41. The highest BCUT2D eigenvalue weighted by atomic mass is 19.4. The fourth-order valence-electron chi connectivity index (χ4n) is 2.84. The molecule has 0 spiro atoms. The number of methoxy groups -OCH3 is 1. The van der Waals surface area contributed by atoms with E-state index in [1.54, 1.807) is 25.1 Å². The summed E-state index contributed by atoms with van der Waals surface area (Å²) in [6, 6.07) is 9.39. The topological polar surface area (TPSA) is 75.6 Å². The van der Waals surface area contributed by atoms with Crippen molar-refractivity contribution in [2.75, 3.05) is 7.11 Å². The highest BCUT2D eigenvalue weighted by Gasteiger charge is 2.29. The van der Waals surface area contributed by atoms with E-state index in [1.165, 1.54) is 19.2 Å². The van der Waals surface area contributed by atoms with Gasteiger partial charge < -0.3 is 15.2 Å². The zero-order chi connectivity index (χ0) is 21.6. The number of rotatable bonds is 8. The van der Waals surface area contributed by atoms with Crippen molar-refractivity contribution in [3.63, 3.8) is 0 Å². The fourth-order valence-corrected chi connectivity index (χ4v) is 2.84. The average Bonchev–Trinajstić information content (AvgIpc) is 2.69. The normalized spacial score (nSPS) is 12.3. The van der Waals surface area contributed by atoms with Crippen LogP contribution >= 0.6 is 0 Å². The Morgan fingerprint density at radius 2 is 1.72 bits per heavy atom. The van der Waals surface area contributed by atoms with Crippen molar-refractivity contribution < 1.29 is 32.6 Å². The number of alkyl halides is 3. The van der Waals surface area contributed by atoms with E-state index in [2.05, 4.69) is 5.32 Å². The van der Waals surface area contributed by atoms with Crippen LogP contribution in [0.1, 0.15) is 40.4 Å². The maximum Gasteiger partial charge on any atom is 0.416 e. The Kier molecular flexibility index (Phi) is 7.25. The Labute approximate surface area is 166 Å². The van der Waals surface area contributed by atoms with Crippen molar-refractivity contribution >= 4 is 11.9 Å². The second kappa shape index (κ2) is 9.45. The first-order valence-corrected chi connectivity index (χ1v) is 8.99. The minimum absolute atomic E-state index is 0.0388. The summed E-state index contributed by atoms with van der Waals surface area (Å²) >= 11 is 0. The van der Waals surface area contributed by atoms with Crippen LogP contribution in [0.4, 0.5) is 13.2 Å². The van der Waals surface area contributed by atoms with Gasteiger partial charge in [0.1, 0.15) is 5.75 Å². The van der Waals surface area contributed by atoms with Gasteiger partial charge in [0.2, 0.25) is 0 Å². The third kappa shape index (κ3) is 5.97. The molecule has 0 bridgehead atoms. The molecule has 0 fully saturated rings. The van der Waals surface area contributed by atoms with Crippen LogP contribution in [0.5, 0.6) is 5.75 Å². The predicted octanol–water partition coefficient (Wildman–Crippen LogP) is 4.30. The number of hydrogen-bond donors (Lipinski definition) is 2. The monoisotopic (exact) mass is 409 g/mol. The van der Waals surface area contributed by atoms with Crippen molar-refractivity contribution in [1.29, 1.82) is 0 Å². The Morgan fingerprint density at radius 3 is 2.24 bits per heavy atom. The van der Waals surface area contributed by atoms with Gasteiger partial charge in [-0.2, -0.15) is 13.2 Å². The van der Waals surface area contributed by atoms with Gasteiger partial charge in [-0.1, -0.05) is 25.1 Å². The first kappa shape index (κ1) is 22.3. The molecule has 1 amide bonds. The highest BCUT2D eigenvalue weighted by molar-refractivity contribution is 5.97. The van der Waals surface area contributed by atoms with Crippen LogP contribution in [-0.4, -0.2) is 24.1 Å². The lowest BCUT2D eigenvalue weighted by molar-refractivity contribution is -0.141. The molecule has 0 aliphatic heterocycles. The number of hydrogen-bond acceptors (Lipinski definition) is 3. The van der Waals surface area contributed by atoms with E-state index in [1.807, 2.05) is 0 Å². The molecule has 156 valence electrons. The smallest absolute Gasteiger partial charge is 0.416 e. The van der Waals surface area contributed by atoms with E-state index in [9.17, 15) is 27.9 Å². The van der Waals surface area contributed by atoms with Gasteiger partial charge in [0.15, 0.2) is 0 Å². The van der Waals surface area contributed by atoms with Crippen molar-refractivity contribution in [2.45, 2.75) is 32.5 Å². The molecule has 0 saturated carbocycles. The lowest BCUT2D eigenvalue weighted by atomic mass is 9.95. The summed E-state index contributed by atoms with van der Waals surface area (Å²) in [6.07, 6.45) is -3.69. The molecule has 0 unspecified atom stereocenters. The molecule has 0 aliphatic rings. The minimum Gasteiger partial charge on any atom is -0.496 e. The third-order valence-electron chi connectivity index (χ3n) is 4.57. The van der Waals surface area contributed by atoms with Crippen LogP contribution in [0.15, 0.2) is 42.5 Å². The van der Waals surface area contributed by atoms with Gasteiger partial charge in [0, 0.05) is 6.54 Å². The third-order valence-corrected chi connectivity index (χ3v) is 4.57. The highest BCUT2D eigenvalue weighted by Crippen LogP contribution is 2.29. The second-order valence-corrected chi connectivity index (χ2v) is 6.56. The van der Waals surface area contributed by atoms with E-state index in [0.717, 1.165) is 12.1 Å². The predicted molar refractivity (Wildman–Crippen MR) is 101 cm³/mol. The molecule has 1 atom stereocenters. The maximum atomic E-state index is 12.6. The zero-order valence-corrected chi connectivity index (χ0v) is 16.0. The number of benzene rings is 2. The van der Waals surface area contributed by atoms with Gasteiger partial charge in [-0.15, -0.1) is 0 Å². The molecule has 2 aromatic carbocycles. The van der Waals surface area contributed by atoms with E-state index in [4.69, 9.17) is 4.74 Å². The lowest BCUT2D eigenvalue weighted by Gasteiger charge is -2.14. The molecular weight excluding hydrogens is 387 g/mol. The first-order chi connectivity index (χ1) is 13.7. The second-order valence-electron chi connectivity index (χ2n) is 6.56. The largest absolute Gasteiger partial charge is 0.496 e. The van der Waals surface area contributed by atoms with Crippen LogP contribution in [0.2, 0.25) is 0 Å². The van der Waals surface area contributed by atoms with Crippen LogP contribution in [-0.2, 0) is 23.9 Å². The quantitative estimate of drug-likeness (QED) is 0.682. The van der Waals surface area contributed by atoms with Crippen LogP contribution in [0.25, 0.3) is 0 Å². The fraction of sp³-hybridized carbons (Fsp3) is 0.333. The Morgan fingerprint density at radius 1 is 1.10 bits per heavy atom. The van der Waals surface area contributed by atoms with Gasteiger partial charge >= 0.3 is 12.1 Å². The van der Waals surface area contributed by atoms with Gasteiger partial charge in [0.05, 0.1) is 24.2 Å². The average molecular weight is 409 g/mol. The summed E-state index contributed by atoms with van der Waals surface area (Å²) in [4.78, 5) is 23.8. The molecule has 0 aliphatic carbocycles. The van der Waals surface area contributed by atoms with Crippen LogP contribution in [0, 0.1) is 5.92 Å². The molecule has 2 N–H and O–H groups in total. The number of halogens is 3. The Hall–Kier alpha value is -3.03. The molecular formula is C21H22F3NO4. The standard InChI is InChI=1S/C21H22F3NO4/c1-3-15(20(27)28)10-14-6-9-18(29-2)17(11-14)19(26)25-12-13-4-7-16(8-5-13)21(22,23)24/h4-9,11,15H,3,10,12H2,1-2H3,(H,25,26)(H,27,28)/t15-/m1/s1. The molecule has 0 saturated heterocycles. The molecule has 2 rings (SSSR count). The van der Waals surface area contributed by atoms with Crippen molar-refractivity contribution in [1.82, 2.24) is 5.32 Å². The van der Waals surface area contributed by atoms with E-state index in [0.29, 0.717) is 23.3 Å². The number of ether oxygens (including phenoxy) is 1. The SMILES string of the molecule is CC[C@H](Cc1ccc(OC)c(C(=O)NCc2ccc(C(F)(F)F)cc2)c1)C(=O)O. The number of carbonyl (C=O) groups excluding carboxylic acids is 1. The summed E-state index contributed by atoms with van der Waals surface area (Å²) in [5.74, 6) is -1.61. The minimum atomic E-state index is -4.41. The molecule has 8 heteroatoms. The lowest BCUT2D eigenvalue weighted by Crippen LogP contribution is -2.24. The van der Waals surface area contributed by atoms with Crippen LogP contribution < -0.4 is 10.1 Å². The first-order valence-electron chi connectivity index (χ1n) is 8.99. The van der Waals surface area contributed by atoms with E-state index in [-0.39, 0.29) is 18.5 Å². The molecule has 2 aromatic rings. The van der Waals surface area contributed by atoms with Gasteiger partial charge in [-0.3, -0.25) is 9.59 Å². The van der Waals surface area contributed by atoms with Crippen molar-refractivity contribution in [2.24, 2.45) is 5.92 Å². The summed E-state index contributed by atoms with van der Waals surface area (Å²) in [6.45, 7) is 1.82. The molecule has 0 aromatic heterocycles. The van der Waals surface area contributed by atoms with Crippen LogP contribution in [0.3, 0.4) is 0 Å². The van der Waals surface area contributed by atoms with E-state index < -0.39 is 29.5 Å². The maximum absolute atomic E-state index is 12.6. The number of nitrogens with one attached hydrogen (secondary N) is 1. The summed E-state index contributed by atoms with van der Waals surface area (Å²) in [5.41, 5.74) is 0.668. The van der Waals surface area contributed by atoms with Gasteiger partial charge in [0.25, 0.3) is 5.91 Å². The molecule has 29 heavy (non-hydrogen) atoms.